The fourth-order valence-corrected chi connectivity index (χ4v) is 1.53. The highest BCUT2D eigenvalue weighted by Crippen LogP contribution is 2.14. The van der Waals surface area contributed by atoms with Crippen LogP contribution >= 0.6 is 0 Å². The van der Waals surface area contributed by atoms with Crippen molar-refractivity contribution in [2.24, 2.45) is 0 Å². The quantitative estimate of drug-likeness (QED) is 0.618. The van der Waals surface area contributed by atoms with Crippen LogP contribution in [0.2, 0.25) is 0 Å². The van der Waals surface area contributed by atoms with Crippen LogP contribution in [-0.4, -0.2) is 37.0 Å². The Morgan fingerprint density at radius 2 is 2.58 bits per heavy atom. The summed E-state index contributed by atoms with van der Waals surface area (Å²) >= 11 is 0. The molecule has 12 heavy (non-hydrogen) atoms. The number of hydrogen-bond donors (Lipinski definition) is 1. The van der Waals surface area contributed by atoms with Gasteiger partial charge in [-0.2, -0.15) is 0 Å². The average Bonchev–Trinajstić information content (AvgIpc) is 2.47. The number of nitrogens with one attached hydrogen (secondary N) is 1. The highest BCUT2D eigenvalue weighted by atomic mass is 16.2. The molecule has 3 heteroatoms. The zero-order valence-corrected chi connectivity index (χ0v) is 7.55. The molecule has 0 bridgehead atoms. The van der Waals surface area contributed by atoms with Gasteiger partial charge in [0.15, 0.2) is 0 Å². The van der Waals surface area contributed by atoms with E-state index in [4.69, 9.17) is 0 Å². The van der Waals surface area contributed by atoms with Gasteiger partial charge in [-0.1, -0.05) is 6.08 Å². The highest BCUT2D eigenvalue weighted by molar-refractivity contribution is 5.82. The molecule has 1 aliphatic heterocycles. The van der Waals surface area contributed by atoms with Gasteiger partial charge in [-0.25, -0.2) is 0 Å². The van der Waals surface area contributed by atoms with Gasteiger partial charge >= 0.3 is 0 Å². The molecule has 0 aromatic rings. The molecule has 1 saturated heterocycles. The second-order valence-corrected chi connectivity index (χ2v) is 3.17. The molecule has 0 aromatic carbocycles. The van der Waals surface area contributed by atoms with Crippen molar-refractivity contribution in [1.82, 2.24) is 10.2 Å². The molecule has 0 radical (unpaired) electrons. The summed E-state index contributed by atoms with van der Waals surface area (Å²) in [6.07, 6.45) is 3.81. The summed E-state index contributed by atoms with van der Waals surface area (Å²) in [5.74, 6) is 0.134. The molecular formula is C9H16N2O. The number of carbonyl (C=O) groups excluding carboxylic acids is 1. The molecule has 68 valence electrons. The van der Waals surface area contributed by atoms with Crippen LogP contribution in [0.4, 0.5) is 0 Å². The van der Waals surface area contributed by atoms with Crippen LogP contribution in [0.5, 0.6) is 0 Å². The lowest BCUT2D eigenvalue weighted by Gasteiger charge is -2.17. The van der Waals surface area contributed by atoms with E-state index in [2.05, 4.69) is 16.8 Å². The van der Waals surface area contributed by atoms with Gasteiger partial charge < -0.3 is 5.32 Å². The van der Waals surface area contributed by atoms with E-state index in [1.807, 2.05) is 7.05 Å². The van der Waals surface area contributed by atoms with Crippen molar-refractivity contribution in [3.05, 3.63) is 12.7 Å². The van der Waals surface area contributed by atoms with Crippen LogP contribution in [0.25, 0.3) is 0 Å². The smallest absolute Gasteiger partial charge is 0.237 e. The van der Waals surface area contributed by atoms with Gasteiger partial charge in [0.05, 0.1) is 6.04 Å². The Labute approximate surface area is 73.4 Å². The van der Waals surface area contributed by atoms with Crippen LogP contribution in [-0.2, 0) is 4.79 Å². The topological polar surface area (TPSA) is 32.3 Å². The zero-order chi connectivity index (χ0) is 8.97. The third-order valence-corrected chi connectivity index (χ3v) is 2.24. The minimum absolute atomic E-state index is 0.0879. The van der Waals surface area contributed by atoms with Crippen molar-refractivity contribution in [3.8, 4) is 0 Å². The summed E-state index contributed by atoms with van der Waals surface area (Å²) in [5.41, 5.74) is 0. The average molecular weight is 168 g/mol. The van der Waals surface area contributed by atoms with Crippen molar-refractivity contribution >= 4 is 5.91 Å². The first-order valence-corrected chi connectivity index (χ1v) is 4.34. The van der Waals surface area contributed by atoms with E-state index in [1.165, 1.54) is 0 Å². The number of likely N-dealkylation sites (tertiary alicyclic amines) is 1. The lowest BCUT2D eigenvalue weighted by atomic mass is 10.2. The predicted molar refractivity (Wildman–Crippen MR) is 48.9 cm³/mol. The third kappa shape index (κ3) is 2.08. The summed E-state index contributed by atoms with van der Waals surface area (Å²) in [5, 5.41) is 2.81. The highest BCUT2D eigenvalue weighted by Gasteiger charge is 2.26. The Hall–Kier alpha value is -0.830. The van der Waals surface area contributed by atoms with Gasteiger partial charge in [-0.15, -0.1) is 6.58 Å². The second kappa shape index (κ2) is 4.26. The number of hydrogen-bond acceptors (Lipinski definition) is 2. The fraction of sp³-hybridized carbons (Fsp3) is 0.667. The summed E-state index contributed by atoms with van der Waals surface area (Å²) in [6, 6.07) is 0.0879. The van der Waals surface area contributed by atoms with E-state index in [0.29, 0.717) is 6.54 Å². The molecule has 0 saturated carbocycles. The molecule has 1 N–H and O–H groups in total. The third-order valence-electron chi connectivity index (χ3n) is 2.24. The van der Waals surface area contributed by atoms with Gasteiger partial charge in [0.25, 0.3) is 0 Å². The lowest BCUT2D eigenvalue weighted by Crippen LogP contribution is -2.41. The molecule has 0 aliphatic carbocycles. The van der Waals surface area contributed by atoms with Gasteiger partial charge in [0.1, 0.15) is 0 Å². The number of amides is 1. The van der Waals surface area contributed by atoms with Crippen molar-refractivity contribution < 1.29 is 4.79 Å². The molecule has 1 rings (SSSR count). The number of likely N-dealkylation sites (N-methyl/N-ethyl adjacent to an activating group) is 1. The van der Waals surface area contributed by atoms with Gasteiger partial charge in [-0.3, -0.25) is 9.69 Å². The Morgan fingerprint density at radius 3 is 3.08 bits per heavy atom. The van der Waals surface area contributed by atoms with Gasteiger partial charge in [0, 0.05) is 6.54 Å². The Balaban J connectivity index is 2.35. The molecule has 0 unspecified atom stereocenters. The van der Waals surface area contributed by atoms with E-state index in [9.17, 15) is 4.79 Å². The van der Waals surface area contributed by atoms with Crippen LogP contribution in [0.3, 0.4) is 0 Å². The first-order chi connectivity index (χ1) is 5.75. The summed E-state index contributed by atoms with van der Waals surface area (Å²) in [6.45, 7) is 5.16. The Kier molecular flexibility index (Phi) is 3.29. The lowest BCUT2D eigenvalue weighted by molar-refractivity contribution is -0.124. The maximum atomic E-state index is 11.4. The van der Waals surface area contributed by atoms with Crippen LogP contribution in [0.1, 0.15) is 12.8 Å². The first-order valence-electron chi connectivity index (χ1n) is 4.34. The van der Waals surface area contributed by atoms with Crippen molar-refractivity contribution in [3.63, 3.8) is 0 Å². The van der Waals surface area contributed by atoms with Gasteiger partial charge in [-0.05, 0) is 26.4 Å². The summed E-state index contributed by atoms with van der Waals surface area (Å²) in [7, 11) is 1.99. The Morgan fingerprint density at radius 1 is 1.83 bits per heavy atom. The molecule has 3 nitrogen and oxygen atoms in total. The normalized spacial score (nSPS) is 23.9. The van der Waals surface area contributed by atoms with Crippen molar-refractivity contribution in [1.29, 1.82) is 0 Å². The molecule has 0 spiro atoms. The molecule has 1 fully saturated rings. The maximum Gasteiger partial charge on any atom is 0.237 e. The predicted octanol–water partition coefficient (Wildman–Crippen LogP) is 0.383. The zero-order valence-electron chi connectivity index (χ0n) is 7.55. The minimum Gasteiger partial charge on any atom is -0.351 e. The molecule has 1 amide bonds. The molecule has 1 heterocycles. The SMILES string of the molecule is C=CCNC(=O)[C@@H]1CCCN1C. The fourth-order valence-electron chi connectivity index (χ4n) is 1.53. The first kappa shape index (κ1) is 9.26. The summed E-state index contributed by atoms with van der Waals surface area (Å²) < 4.78 is 0. The number of nitrogens with zero attached hydrogens (tertiary/aromatic N) is 1. The van der Waals surface area contributed by atoms with E-state index in [1.54, 1.807) is 6.08 Å². The van der Waals surface area contributed by atoms with Crippen LogP contribution in [0, 0.1) is 0 Å². The summed E-state index contributed by atoms with van der Waals surface area (Å²) in [4.78, 5) is 13.5. The van der Waals surface area contributed by atoms with E-state index in [0.717, 1.165) is 19.4 Å². The van der Waals surface area contributed by atoms with Crippen molar-refractivity contribution in [2.75, 3.05) is 20.1 Å². The van der Waals surface area contributed by atoms with E-state index >= 15 is 0 Å². The minimum atomic E-state index is 0.0879. The van der Waals surface area contributed by atoms with E-state index in [-0.39, 0.29) is 11.9 Å². The van der Waals surface area contributed by atoms with Crippen LogP contribution in [0.15, 0.2) is 12.7 Å². The molecule has 1 aliphatic rings. The molecule has 0 aromatic heterocycles. The van der Waals surface area contributed by atoms with Crippen molar-refractivity contribution in [2.45, 2.75) is 18.9 Å². The van der Waals surface area contributed by atoms with Gasteiger partial charge in [0.2, 0.25) is 5.91 Å². The maximum absolute atomic E-state index is 11.4. The molecular weight excluding hydrogens is 152 g/mol. The van der Waals surface area contributed by atoms with Crippen LogP contribution < -0.4 is 5.32 Å². The Bertz CT molecular complexity index is 179. The monoisotopic (exact) mass is 168 g/mol. The number of carbonyl (C=O) groups is 1. The largest absolute Gasteiger partial charge is 0.351 e. The molecule has 1 atom stereocenters. The second-order valence-electron chi connectivity index (χ2n) is 3.17. The standard InChI is InChI=1S/C9H16N2O/c1-3-6-10-9(12)8-5-4-7-11(8)2/h3,8H,1,4-7H2,2H3,(H,10,12)/t8-/m0/s1. The van der Waals surface area contributed by atoms with E-state index < -0.39 is 0 Å². The number of rotatable bonds is 3.